The van der Waals surface area contributed by atoms with Crippen LogP contribution in [-0.4, -0.2) is 37.0 Å². The van der Waals surface area contributed by atoms with Crippen molar-refractivity contribution in [2.75, 3.05) is 12.0 Å². The number of carbonyl (C=O) groups excluding carboxylic acids is 4. The van der Waals surface area contributed by atoms with Crippen molar-refractivity contribution in [3.05, 3.63) is 57.6 Å². The Hall–Kier alpha value is -3.56. The van der Waals surface area contributed by atoms with Gasteiger partial charge in [-0.3, -0.25) is 14.9 Å². The van der Waals surface area contributed by atoms with Crippen LogP contribution in [0.3, 0.4) is 0 Å². The summed E-state index contributed by atoms with van der Waals surface area (Å²) in [5, 5.41) is 13.3. The van der Waals surface area contributed by atoms with E-state index in [0.29, 0.717) is 10.6 Å². The zero-order chi connectivity index (χ0) is 23.6. The van der Waals surface area contributed by atoms with Crippen LogP contribution in [0.2, 0.25) is 10.0 Å². The van der Waals surface area contributed by atoms with Crippen molar-refractivity contribution in [1.82, 2.24) is 5.32 Å². The van der Waals surface area contributed by atoms with Crippen molar-refractivity contribution in [2.45, 2.75) is 13.0 Å². The van der Waals surface area contributed by atoms with Crippen LogP contribution in [0.25, 0.3) is 6.08 Å². The highest BCUT2D eigenvalue weighted by Crippen LogP contribution is 2.33. The average Bonchev–Trinajstić information content (AvgIpc) is 2.73. The highest BCUT2D eigenvalue weighted by Gasteiger charge is 2.37. The summed E-state index contributed by atoms with van der Waals surface area (Å²) < 4.78 is 10.5. The van der Waals surface area contributed by atoms with Gasteiger partial charge < -0.3 is 19.4 Å². The summed E-state index contributed by atoms with van der Waals surface area (Å²) in [6, 6.07) is 7.54. The van der Waals surface area contributed by atoms with E-state index in [1.165, 1.54) is 56.5 Å². The number of carbonyl (C=O) groups is 4. The van der Waals surface area contributed by atoms with Crippen LogP contribution >= 0.6 is 23.2 Å². The molecule has 4 amide bonds. The Labute approximate surface area is 192 Å². The Bertz CT molecular complexity index is 1160. The van der Waals surface area contributed by atoms with Gasteiger partial charge in [-0.1, -0.05) is 29.3 Å². The van der Waals surface area contributed by atoms with Crippen molar-refractivity contribution < 1.29 is 33.8 Å². The molecule has 0 unspecified atom stereocenters. The van der Waals surface area contributed by atoms with Gasteiger partial charge in [0.15, 0.2) is 11.5 Å². The minimum atomic E-state index is -1.41. The van der Waals surface area contributed by atoms with Crippen LogP contribution in [-0.2, 0) is 14.4 Å². The molecule has 166 valence electrons. The van der Waals surface area contributed by atoms with E-state index in [2.05, 4.69) is 5.32 Å². The van der Waals surface area contributed by atoms with E-state index >= 15 is 0 Å². The molecule has 11 heteroatoms. The number of benzene rings is 2. The molecule has 1 aliphatic rings. The molecule has 0 saturated carbocycles. The second kappa shape index (κ2) is 9.29. The lowest BCUT2D eigenvalue weighted by Gasteiger charge is -2.27. The van der Waals surface area contributed by atoms with Crippen molar-refractivity contribution in [3.8, 4) is 11.5 Å². The first kappa shape index (κ1) is 23.1. The summed E-state index contributed by atoms with van der Waals surface area (Å²) in [5.74, 6) is -2.92. The Morgan fingerprint density at radius 2 is 1.84 bits per heavy atom. The van der Waals surface area contributed by atoms with E-state index in [1.54, 1.807) is 0 Å². The highest BCUT2D eigenvalue weighted by atomic mass is 35.5. The van der Waals surface area contributed by atoms with Gasteiger partial charge in [0.2, 0.25) is 0 Å². The molecule has 0 bridgehead atoms. The number of rotatable bonds is 6. The number of nitrogens with zero attached hydrogens (tertiary/aromatic N) is 1. The molecule has 1 fully saturated rings. The fraction of sp³-hybridized carbons (Fsp3) is 0.143. The third-order valence-electron chi connectivity index (χ3n) is 4.39. The summed E-state index contributed by atoms with van der Waals surface area (Å²) in [5.41, 5.74) is 0.0642. The number of carboxylic acids is 1. The fourth-order valence-corrected chi connectivity index (χ4v) is 3.31. The molecule has 1 heterocycles. The SMILES string of the molecule is COc1cc(/C=C2\C(=O)NC(=O)N(c3ccc(Cl)cc3Cl)C2=O)ccc1O[C@@H](C)C(=O)[O-]. The number of ether oxygens (including phenoxy) is 2. The lowest BCUT2D eigenvalue weighted by molar-refractivity contribution is -0.312. The summed E-state index contributed by atoms with van der Waals surface area (Å²) in [4.78, 5) is 49.3. The maximum absolute atomic E-state index is 13.0. The zero-order valence-corrected chi connectivity index (χ0v) is 18.2. The van der Waals surface area contributed by atoms with Gasteiger partial charge in [-0.2, -0.15) is 0 Å². The molecule has 3 rings (SSSR count). The van der Waals surface area contributed by atoms with Crippen LogP contribution in [0.15, 0.2) is 42.0 Å². The molecule has 0 radical (unpaired) electrons. The fourth-order valence-electron chi connectivity index (χ4n) is 2.82. The first-order valence-electron chi connectivity index (χ1n) is 9.04. The van der Waals surface area contributed by atoms with E-state index in [4.69, 9.17) is 32.7 Å². The summed E-state index contributed by atoms with van der Waals surface area (Å²) in [6.07, 6.45) is 0.0116. The number of amides is 4. The number of halogens is 2. The smallest absolute Gasteiger partial charge is 0.335 e. The van der Waals surface area contributed by atoms with Crippen LogP contribution in [0.4, 0.5) is 10.5 Å². The number of methoxy groups -OCH3 is 1. The number of nitrogens with one attached hydrogen (secondary N) is 1. The van der Waals surface area contributed by atoms with Crippen LogP contribution in [0.1, 0.15) is 12.5 Å². The Morgan fingerprint density at radius 1 is 1.12 bits per heavy atom. The number of urea groups is 1. The zero-order valence-electron chi connectivity index (χ0n) is 16.7. The number of barbiturate groups is 1. The topological polar surface area (TPSA) is 125 Å². The third kappa shape index (κ3) is 4.68. The monoisotopic (exact) mass is 477 g/mol. The van der Waals surface area contributed by atoms with Crippen molar-refractivity contribution in [1.29, 1.82) is 0 Å². The average molecular weight is 478 g/mol. The van der Waals surface area contributed by atoms with E-state index in [9.17, 15) is 24.3 Å². The first-order chi connectivity index (χ1) is 15.1. The Kier molecular flexibility index (Phi) is 6.71. The van der Waals surface area contributed by atoms with Crippen LogP contribution in [0.5, 0.6) is 11.5 Å². The maximum Gasteiger partial charge on any atom is 0.335 e. The van der Waals surface area contributed by atoms with Gasteiger partial charge in [-0.05, 0) is 48.9 Å². The second-order valence-corrected chi connectivity index (χ2v) is 7.39. The summed E-state index contributed by atoms with van der Waals surface area (Å²) in [6.45, 7) is 1.29. The molecular formula is C21H15Cl2N2O7-. The largest absolute Gasteiger partial charge is 0.546 e. The van der Waals surface area contributed by atoms with E-state index < -0.39 is 29.9 Å². The number of hydrogen-bond acceptors (Lipinski definition) is 7. The maximum atomic E-state index is 13.0. The molecule has 0 aliphatic carbocycles. The minimum absolute atomic E-state index is 0.0416. The molecule has 2 aromatic rings. The Morgan fingerprint density at radius 3 is 2.47 bits per heavy atom. The van der Waals surface area contributed by atoms with Gasteiger partial charge in [0.05, 0.1) is 23.8 Å². The molecule has 0 spiro atoms. The standard InChI is InChI=1S/C21H16Cl2N2O7/c1-10(20(28)29)32-16-6-3-11(8-17(16)31-2)7-13-18(26)24-21(30)25(19(13)27)15-5-4-12(22)9-14(15)23/h3-10H,1-2H3,(H,28,29)(H,24,26,30)/p-1/b13-7+/t10-/m0/s1. The molecule has 32 heavy (non-hydrogen) atoms. The molecule has 9 nitrogen and oxygen atoms in total. The van der Waals surface area contributed by atoms with Gasteiger partial charge >= 0.3 is 6.03 Å². The van der Waals surface area contributed by atoms with Crippen molar-refractivity contribution in [2.24, 2.45) is 0 Å². The summed E-state index contributed by atoms with van der Waals surface area (Å²) >= 11 is 12.0. The molecule has 1 atom stereocenters. The normalized spacial score (nSPS) is 16.1. The lowest BCUT2D eigenvalue weighted by Crippen LogP contribution is -2.54. The van der Waals surface area contributed by atoms with Crippen LogP contribution < -0.4 is 24.8 Å². The molecule has 0 aromatic heterocycles. The van der Waals surface area contributed by atoms with Gasteiger partial charge in [-0.25, -0.2) is 9.69 Å². The minimum Gasteiger partial charge on any atom is -0.546 e. The number of aliphatic carboxylic acids is 1. The molecule has 2 aromatic carbocycles. The molecule has 1 N–H and O–H groups in total. The highest BCUT2D eigenvalue weighted by molar-refractivity contribution is 6.42. The van der Waals surface area contributed by atoms with E-state index in [-0.39, 0.29) is 27.8 Å². The van der Waals surface area contributed by atoms with Gasteiger partial charge in [0.25, 0.3) is 11.8 Å². The number of hydrogen-bond donors (Lipinski definition) is 1. The second-order valence-electron chi connectivity index (χ2n) is 6.54. The molecule has 1 aliphatic heterocycles. The predicted molar refractivity (Wildman–Crippen MR) is 114 cm³/mol. The number of carboxylic acid groups (broad SMARTS) is 1. The first-order valence-corrected chi connectivity index (χ1v) is 9.80. The van der Waals surface area contributed by atoms with Gasteiger partial charge in [0.1, 0.15) is 11.7 Å². The number of anilines is 1. The molecular weight excluding hydrogens is 463 g/mol. The quantitative estimate of drug-likeness (QED) is 0.499. The van der Waals surface area contributed by atoms with Crippen LogP contribution in [0, 0.1) is 0 Å². The number of imide groups is 2. The lowest BCUT2D eigenvalue weighted by atomic mass is 10.1. The van der Waals surface area contributed by atoms with Crippen molar-refractivity contribution >= 4 is 58.8 Å². The van der Waals surface area contributed by atoms with Gasteiger partial charge in [-0.15, -0.1) is 0 Å². The van der Waals surface area contributed by atoms with Crippen molar-refractivity contribution in [3.63, 3.8) is 0 Å². The van der Waals surface area contributed by atoms with E-state index in [0.717, 1.165) is 4.90 Å². The molecule has 1 saturated heterocycles. The van der Waals surface area contributed by atoms with Gasteiger partial charge in [0, 0.05) is 5.02 Å². The Balaban J connectivity index is 1.97. The third-order valence-corrected chi connectivity index (χ3v) is 4.92. The summed E-state index contributed by atoms with van der Waals surface area (Å²) in [7, 11) is 1.34. The predicted octanol–water partition coefficient (Wildman–Crippen LogP) is 2.19. The van der Waals surface area contributed by atoms with E-state index in [1.807, 2.05) is 0 Å².